The number of nitrogens with one attached hydrogen (secondary N) is 2. The molecule has 5 atom stereocenters. The number of hydrogen-bond donors (Lipinski definition) is 4. The first-order valence-electron chi connectivity index (χ1n) is 17.5. The Hall–Kier alpha value is -3.77. The number of rotatable bonds is 14. The van der Waals surface area contributed by atoms with Crippen molar-refractivity contribution in [1.29, 1.82) is 0 Å². The third kappa shape index (κ3) is 11.1. The summed E-state index contributed by atoms with van der Waals surface area (Å²) in [5.74, 6) is 1.15. The van der Waals surface area contributed by atoms with Crippen molar-refractivity contribution in [1.82, 2.24) is 15.5 Å². The number of carbonyl (C=O) groups is 2. The summed E-state index contributed by atoms with van der Waals surface area (Å²) in [4.78, 5) is 29.2. The molecule has 10 nitrogen and oxygen atoms in total. The molecule has 0 spiro atoms. The van der Waals surface area contributed by atoms with Gasteiger partial charge < -0.3 is 30.3 Å². The number of aliphatic hydroxyl groups is 2. The molecule has 0 saturated carbocycles. The average Bonchev–Trinajstić information content (AvgIpc) is 3.39. The van der Waals surface area contributed by atoms with Crippen molar-refractivity contribution in [2.75, 3.05) is 37.7 Å². The standard InChI is InChI=1S/C39H51N3O7S/c1-39(2,3)49-38(46)40-33(24-27-9-5-4-6-10-27)34(43)26-30(37(45)41-36-32-12-8-7-11-29(32)25-35(36)44)23-28-13-15-31(16-14-28)48-20-17-42-18-21-50(47)22-19-42/h4-16,30,33-36,43-44H,17-26H2,1-3H3,(H,40,46)(H,41,45)/t30-,33+,34+,35-,36?/m1/s1. The van der Waals surface area contributed by atoms with Crippen LogP contribution in [0.4, 0.5) is 4.79 Å². The Morgan fingerprint density at radius 1 is 0.940 bits per heavy atom. The number of fused-ring (bicyclic) bond motifs is 1. The fraction of sp³-hybridized carbons (Fsp3) is 0.487. The van der Waals surface area contributed by atoms with Crippen LogP contribution in [0.15, 0.2) is 78.9 Å². The molecule has 1 saturated heterocycles. The van der Waals surface area contributed by atoms with Gasteiger partial charge in [-0.3, -0.25) is 13.9 Å². The number of hydrogen-bond acceptors (Lipinski definition) is 8. The van der Waals surface area contributed by atoms with Crippen LogP contribution < -0.4 is 15.4 Å². The van der Waals surface area contributed by atoms with Crippen LogP contribution in [0.25, 0.3) is 0 Å². The number of alkyl carbamates (subject to hydrolysis) is 1. The zero-order valence-corrected chi connectivity index (χ0v) is 30.1. The number of aliphatic hydroxyl groups excluding tert-OH is 2. The third-order valence-electron chi connectivity index (χ3n) is 9.22. The molecule has 2 amide bonds. The number of benzene rings is 3. The minimum absolute atomic E-state index is 0.0580. The fourth-order valence-electron chi connectivity index (χ4n) is 6.57. The van der Waals surface area contributed by atoms with Crippen LogP contribution in [0.3, 0.4) is 0 Å². The molecule has 0 radical (unpaired) electrons. The Labute approximate surface area is 298 Å². The van der Waals surface area contributed by atoms with E-state index >= 15 is 0 Å². The minimum atomic E-state index is -1.09. The van der Waals surface area contributed by atoms with Gasteiger partial charge in [-0.15, -0.1) is 0 Å². The van der Waals surface area contributed by atoms with Crippen molar-refractivity contribution in [2.24, 2.45) is 5.92 Å². The molecule has 1 aliphatic heterocycles. The summed E-state index contributed by atoms with van der Waals surface area (Å²) in [6, 6.07) is 23.6. The van der Waals surface area contributed by atoms with Crippen molar-refractivity contribution in [3.8, 4) is 5.75 Å². The predicted molar refractivity (Wildman–Crippen MR) is 194 cm³/mol. The Morgan fingerprint density at radius 3 is 2.30 bits per heavy atom. The van der Waals surface area contributed by atoms with Crippen LogP contribution in [-0.4, -0.2) is 92.9 Å². The quantitative estimate of drug-likeness (QED) is 0.198. The normalized spacial score (nSPS) is 19.9. The van der Waals surface area contributed by atoms with Gasteiger partial charge in [0, 0.05) is 54.3 Å². The maximum Gasteiger partial charge on any atom is 0.407 e. The van der Waals surface area contributed by atoms with Gasteiger partial charge in [0.1, 0.15) is 18.0 Å². The molecular weight excluding hydrogens is 655 g/mol. The van der Waals surface area contributed by atoms with Gasteiger partial charge in [0.05, 0.1) is 24.3 Å². The summed E-state index contributed by atoms with van der Waals surface area (Å²) in [6.07, 6.45) is -1.32. The van der Waals surface area contributed by atoms with Gasteiger partial charge in [-0.1, -0.05) is 66.7 Å². The average molecular weight is 706 g/mol. The highest BCUT2D eigenvalue weighted by atomic mass is 32.2. The van der Waals surface area contributed by atoms with Crippen LogP contribution in [-0.2, 0) is 39.6 Å². The Morgan fingerprint density at radius 2 is 1.60 bits per heavy atom. The summed E-state index contributed by atoms with van der Waals surface area (Å²) < 4.78 is 23.1. The number of amides is 2. The lowest BCUT2D eigenvalue weighted by Crippen LogP contribution is -2.48. The van der Waals surface area contributed by atoms with Gasteiger partial charge in [0.2, 0.25) is 5.91 Å². The van der Waals surface area contributed by atoms with Crippen molar-refractivity contribution in [3.63, 3.8) is 0 Å². The molecule has 2 aliphatic rings. The SMILES string of the molecule is CC(C)(C)OC(=O)N[C@@H](Cc1ccccc1)[C@@H](O)C[C@@H](Cc1ccc(OCCN2CCS(=O)CC2)cc1)C(=O)NC1c2ccccc2C[C@H]1O. The molecule has 50 heavy (non-hydrogen) atoms. The van der Waals surface area contributed by atoms with E-state index in [-0.39, 0.29) is 12.3 Å². The Balaban J connectivity index is 1.30. The van der Waals surface area contributed by atoms with E-state index in [1.54, 1.807) is 20.8 Å². The molecule has 0 aromatic heterocycles. The van der Waals surface area contributed by atoms with E-state index in [2.05, 4.69) is 15.5 Å². The van der Waals surface area contributed by atoms with Crippen molar-refractivity contribution in [2.45, 2.75) is 76.3 Å². The zero-order valence-electron chi connectivity index (χ0n) is 29.3. The van der Waals surface area contributed by atoms with E-state index in [0.717, 1.165) is 41.9 Å². The molecule has 0 bridgehead atoms. The summed E-state index contributed by atoms with van der Waals surface area (Å²) >= 11 is 0. The maximum absolute atomic E-state index is 14.1. The van der Waals surface area contributed by atoms with Crippen LogP contribution in [0, 0.1) is 5.92 Å². The zero-order chi connectivity index (χ0) is 35.7. The van der Waals surface area contributed by atoms with E-state index in [9.17, 15) is 24.0 Å². The summed E-state index contributed by atoms with van der Waals surface area (Å²) in [5, 5.41) is 28.5. The molecule has 4 N–H and O–H groups in total. The van der Waals surface area contributed by atoms with Crippen LogP contribution >= 0.6 is 0 Å². The lowest BCUT2D eigenvalue weighted by atomic mass is 9.88. The van der Waals surface area contributed by atoms with E-state index < -0.39 is 52.7 Å². The van der Waals surface area contributed by atoms with E-state index in [1.807, 2.05) is 78.9 Å². The number of carbonyl (C=O) groups excluding carboxylic acids is 2. The maximum atomic E-state index is 14.1. The largest absolute Gasteiger partial charge is 0.492 e. The van der Waals surface area contributed by atoms with Crippen LogP contribution in [0.5, 0.6) is 5.75 Å². The van der Waals surface area contributed by atoms with E-state index in [1.165, 1.54) is 0 Å². The smallest absolute Gasteiger partial charge is 0.407 e. The highest BCUT2D eigenvalue weighted by Gasteiger charge is 2.35. The van der Waals surface area contributed by atoms with E-state index in [0.29, 0.717) is 43.1 Å². The second kappa shape index (κ2) is 17.4. The summed E-state index contributed by atoms with van der Waals surface area (Å²) in [5.41, 5.74) is 2.97. The highest BCUT2D eigenvalue weighted by molar-refractivity contribution is 7.85. The molecule has 5 rings (SSSR count). The summed E-state index contributed by atoms with van der Waals surface area (Å²) in [7, 11) is -0.713. The van der Waals surface area contributed by atoms with Crippen molar-refractivity contribution < 1.29 is 33.5 Å². The van der Waals surface area contributed by atoms with Gasteiger partial charge in [0.15, 0.2) is 0 Å². The number of ether oxygens (including phenoxy) is 2. The van der Waals surface area contributed by atoms with Gasteiger partial charge in [-0.2, -0.15) is 0 Å². The lowest BCUT2D eigenvalue weighted by Gasteiger charge is -2.30. The first-order valence-corrected chi connectivity index (χ1v) is 19.0. The molecule has 3 aromatic rings. The molecule has 1 unspecified atom stereocenters. The fourth-order valence-corrected chi connectivity index (χ4v) is 7.69. The molecule has 3 aromatic carbocycles. The molecule has 1 fully saturated rings. The highest BCUT2D eigenvalue weighted by Crippen LogP contribution is 2.32. The second-order valence-corrected chi connectivity index (χ2v) is 16.0. The summed E-state index contributed by atoms with van der Waals surface area (Å²) in [6.45, 7) is 8.24. The molecular formula is C39H51N3O7S. The lowest BCUT2D eigenvalue weighted by molar-refractivity contribution is -0.127. The topological polar surface area (TPSA) is 137 Å². The molecule has 11 heteroatoms. The predicted octanol–water partition coefficient (Wildman–Crippen LogP) is 3.95. The minimum Gasteiger partial charge on any atom is -0.492 e. The first kappa shape index (κ1) is 37.5. The van der Waals surface area contributed by atoms with Gasteiger partial charge in [-0.05, 0) is 74.4 Å². The number of nitrogens with zero attached hydrogens (tertiary/aromatic N) is 1. The molecule has 1 aliphatic carbocycles. The Kier molecular flexibility index (Phi) is 13.1. The molecule has 1 heterocycles. The van der Waals surface area contributed by atoms with Crippen molar-refractivity contribution in [3.05, 3.63) is 101 Å². The van der Waals surface area contributed by atoms with Crippen LogP contribution in [0.1, 0.15) is 55.5 Å². The second-order valence-electron chi connectivity index (χ2n) is 14.3. The Bertz CT molecular complexity index is 1570. The first-order chi connectivity index (χ1) is 23.9. The molecule has 270 valence electrons. The third-order valence-corrected chi connectivity index (χ3v) is 10.5. The van der Waals surface area contributed by atoms with Crippen molar-refractivity contribution >= 4 is 22.8 Å². The van der Waals surface area contributed by atoms with Gasteiger partial charge in [-0.25, -0.2) is 4.79 Å². The van der Waals surface area contributed by atoms with Crippen LogP contribution in [0.2, 0.25) is 0 Å². The van der Waals surface area contributed by atoms with Gasteiger partial charge in [0.25, 0.3) is 0 Å². The van der Waals surface area contributed by atoms with Gasteiger partial charge >= 0.3 is 6.09 Å². The monoisotopic (exact) mass is 705 g/mol. The van der Waals surface area contributed by atoms with E-state index in [4.69, 9.17) is 9.47 Å².